The molecule has 2 N–H and O–H groups in total. The summed E-state index contributed by atoms with van der Waals surface area (Å²) in [7, 11) is 0. The van der Waals surface area contributed by atoms with Crippen LogP contribution in [0.5, 0.6) is 0 Å². The Balaban J connectivity index is 1.81. The number of hydrogen-bond donors (Lipinski definition) is 2. The van der Waals surface area contributed by atoms with Gasteiger partial charge < -0.3 is 15.2 Å². The van der Waals surface area contributed by atoms with Crippen molar-refractivity contribution in [3.05, 3.63) is 11.3 Å². The van der Waals surface area contributed by atoms with Gasteiger partial charge in [0.05, 0.1) is 11.8 Å². The number of aromatic nitrogens is 2. The molecule has 3 heterocycles. The molecule has 0 radical (unpaired) electrons. The smallest absolute Gasteiger partial charge is 0.127 e. The number of nitrogens with zero attached hydrogens (tertiary/aromatic N) is 2. The molecule has 3 atom stereocenters. The fraction of sp³-hybridized carbons (Fsp3) is 0.786. The van der Waals surface area contributed by atoms with Crippen LogP contribution in [0.3, 0.4) is 0 Å². The SMILES string of the molecule is Cc1c(C2CCC(C)O2)nn2c1NCC(CCO)C2. The third-order valence-corrected chi connectivity index (χ3v) is 4.29. The molecule has 1 aromatic rings. The molecular weight excluding hydrogens is 242 g/mol. The second-order valence-electron chi connectivity index (χ2n) is 5.81. The van der Waals surface area contributed by atoms with Crippen LogP contribution in [0.15, 0.2) is 0 Å². The normalized spacial score (nSPS) is 30.2. The molecule has 106 valence electrons. The minimum atomic E-state index is 0.159. The van der Waals surface area contributed by atoms with E-state index in [-0.39, 0.29) is 12.7 Å². The monoisotopic (exact) mass is 265 g/mol. The highest BCUT2D eigenvalue weighted by Crippen LogP contribution is 2.36. The lowest BCUT2D eigenvalue weighted by Gasteiger charge is -2.24. The van der Waals surface area contributed by atoms with E-state index in [1.807, 2.05) is 0 Å². The highest BCUT2D eigenvalue weighted by molar-refractivity contribution is 5.49. The van der Waals surface area contributed by atoms with Gasteiger partial charge in [0.25, 0.3) is 0 Å². The number of rotatable bonds is 3. The number of hydrogen-bond acceptors (Lipinski definition) is 4. The van der Waals surface area contributed by atoms with Crippen LogP contribution in [0.25, 0.3) is 0 Å². The van der Waals surface area contributed by atoms with Crippen molar-refractivity contribution < 1.29 is 9.84 Å². The average molecular weight is 265 g/mol. The molecule has 2 aliphatic rings. The summed E-state index contributed by atoms with van der Waals surface area (Å²) < 4.78 is 7.99. The van der Waals surface area contributed by atoms with Gasteiger partial charge in [-0.05, 0) is 39.0 Å². The zero-order valence-electron chi connectivity index (χ0n) is 11.7. The second-order valence-corrected chi connectivity index (χ2v) is 5.81. The van der Waals surface area contributed by atoms with Gasteiger partial charge in [0.15, 0.2) is 0 Å². The van der Waals surface area contributed by atoms with Crippen LogP contribution in [0, 0.1) is 12.8 Å². The molecule has 0 bridgehead atoms. The van der Waals surface area contributed by atoms with Crippen LogP contribution in [0.4, 0.5) is 5.82 Å². The predicted octanol–water partition coefficient (Wildman–Crippen LogP) is 1.86. The van der Waals surface area contributed by atoms with Gasteiger partial charge >= 0.3 is 0 Å². The van der Waals surface area contributed by atoms with E-state index in [9.17, 15) is 0 Å². The van der Waals surface area contributed by atoms with Gasteiger partial charge in [-0.3, -0.25) is 0 Å². The van der Waals surface area contributed by atoms with Crippen molar-refractivity contribution in [3.8, 4) is 0 Å². The van der Waals surface area contributed by atoms with Crippen molar-refractivity contribution in [1.29, 1.82) is 0 Å². The lowest BCUT2D eigenvalue weighted by Crippen LogP contribution is -2.28. The first-order valence-corrected chi connectivity index (χ1v) is 7.26. The van der Waals surface area contributed by atoms with Crippen LogP contribution in [-0.4, -0.2) is 34.1 Å². The third kappa shape index (κ3) is 2.37. The standard InChI is InChI=1S/C14H23N3O2/c1-9-3-4-12(19-9)13-10(2)14-15-7-11(5-6-18)8-17(14)16-13/h9,11-12,15,18H,3-8H2,1-2H3. The predicted molar refractivity (Wildman–Crippen MR) is 73.2 cm³/mol. The maximum atomic E-state index is 9.05. The highest BCUT2D eigenvalue weighted by Gasteiger charge is 2.30. The van der Waals surface area contributed by atoms with E-state index >= 15 is 0 Å². The van der Waals surface area contributed by atoms with E-state index in [4.69, 9.17) is 14.9 Å². The molecule has 2 aliphatic heterocycles. The van der Waals surface area contributed by atoms with E-state index in [2.05, 4.69) is 23.8 Å². The molecule has 0 saturated carbocycles. The summed E-state index contributed by atoms with van der Waals surface area (Å²) in [5.41, 5.74) is 2.32. The van der Waals surface area contributed by atoms with Gasteiger partial charge in [-0.1, -0.05) is 0 Å². The quantitative estimate of drug-likeness (QED) is 0.875. The Labute approximate surface area is 113 Å². The van der Waals surface area contributed by atoms with E-state index in [0.717, 1.165) is 43.9 Å². The number of aliphatic hydroxyl groups is 1. The molecule has 3 unspecified atom stereocenters. The summed E-state index contributed by atoms with van der Waals surface area (Å²) >= 11 is 0. The molecule has 1 fully saturated rings. The van der Waals surface area contributed by atoms with Crippen LogP contribution in [-0.2, 0) is 11.3 Å². The second kappa shape index (κ2) is 5.13. The fourth-order valence-corrected chi connectivity index (χ4v) is 3.16. The Kier molecular flexibility index (Phi) is 3.50. The summed E-state index contributed by atoms with van der Waals surface area (Å²) in [6.45, 7) is 6.32. The first-order chi connectivity index (χ1) is 9.19. The van der Waals surface area contributed by atoms with Crippen molar-refractivity contribution in [2.45, 2.75) is 51.9 Å². The molecule has 1 saturated heterocycles. The minimum absolute atomic E-state index is 0.159. The van der Waals surface area contributed by atoms with E-state index < -0.39 is 0 Å². The summed E-state index contributed by atoms with van der Waals surface area (Å²) in [6.07, 6.45) is 3.52. The molecule has 0 aliphatic carbocycles. The molecule has 5 heteroatoms. The van der Waals surface area contributed by atoms with Crippen LogP contribution < -0.4 is 5.32 Å². The number of ether oxygens (including phenoxy) is 1. The number of fused-ring (bicyclic) bond motifs is 1. The summed E-state index contributed by atoms with van der Waals surface area (Å²) in [5, 5.41) is 17.3. The first kappa shape index (κ1) is 12.9. The molecule has 1 aromatic heterocycles. The van der Waals surface area contributed by atoms with Gasteiger partial charge in [-0.15, -0.1) is 0 Å². The van der Waals surface area contributed by atoms with E-state index in [1.165, 1.54) is 5.56 Å². The molecule has 19 heavy (non-hydrogen) atoms. The van der Waals surface area contributed by atoms with Crippen molar-refractivity contribution in [2.24, 2.45) is 5.92 Å². The lowest BCUT2D eigenvalue weighted by molar-refractivity contribution is 0.0522. The summed E-state index contributed by atoms with van der Waals surface area (Å²) in [6, 6.07) is 0. The fourth-order valence-electron chi connectivity index (χ4n) is 3.16. The van der Waals surface area contributed by atoms with E-state index in [0.29, 0.717) is 12.0 Å². The Morgan fingerprint density at radius 1 is 1.47 bits per heavy atom. The molecular formula is C14H23N3O2. The molecule has 3 rings (SSSR count). The van der Waals surface area contributed by atoms with Gasteiger partial charge in [-0.25, -0.2) is 4.68 Å². The van der Waals surface area contributed by atoms with Crippen molar-refractivity contribution in [1.82, 2.24) is 9.78 Å². The Hall–Kier alpha value is -1.07. The maximum absolute atomic E-state index is 9.05. The lowest BCUT2D eigenvalue weighted by atomic mass is 10.0. The zero-order valence-corrected chi connectivity index (χ0v) is 11.7. The molecule has 0 aromatic carbocycles. The maximum Gasteiger partial charge on any atom is 0.127 e. The Morgan fingerprint density at radius 2 is 2.32 bits per heavy atom. The van der Waals surface area contributed by atoms with E-state index in [1.54, 1.807) is 0 Å². The van der Waals surface area contributed by atoms with Crippen molar-refractivity contribution >= 4 is 5.82 Å². The molecule has 5 nitrogen and oxygen atoms in total. The number of anilines is 1. The topological polar surface area (TPSA) is 59.3 Å². The molecule has 0 spiro atoms. The molecule has 0 amide bonds. The Morgan fingerprint density at radius 3 is 3.00 bits per heavy atom. The van der Waals surface area contributed by atoms with Crippen LogP contribution >= 0.6 is 0 Å². The number of aliphatic hydroxyl groups excluding tert-OH is 1. The average Bonchev–Trinajstić information content (AvgIpc) is 2.94. The van der Waals surface area contributed by atoms with Gasteiger partial charge in [0.1, 0.15) is 11.9 Å². The van der Waals surface area contributed by atoms with Crippen molar-refractivity contribution in [3.63, 3.8) is 0 Å². The first-order valence-electron chi connectivity index (χ1n) is 7.26. The van der Waals surface area contributed by atoms with Gasteiger partial charge in [-0.2, -0.15) is 5.10 Å². The zero-order chi connectivity index (χ0) is 13.4. The number of nitrogens with one attached hydrogen (secondary N) is 1. The Bertz CT molecular complexity index is 458. The van der Waals surface area contributed by atoms with Gasteiger partial charge in [0, 0.05) is 25.3 Å². The van der Waals surface area contributed by atoms with Crippen molar-refractivity contribution in [2.75, 3.05) is 18.5 Å². The minimum Gasteiger partial charge on any atom is -0.396 e. The largest absolute Gasteiger partial charge is 0.396 e. The van der Waals surface area contributed by atoms with Crippen LogP contribution in [0.1, 0.15) is 43.5 Å². The van der Waals surface area contributed by atoms with Crippen LogP contribution in [0.2, 0.25) is 0 Å². The summed E-state index contributed by atoms with van der Waals surface area (Å²) in [5.74, 6) is 1.60. The third-order valence-electron chi connectivity index (χ3n) is 4.29. The highest BCUT2D eigenvalue weighted by atomic mass is 16.5. The summed E-state index contributed by atoms with van der Waals surface area (Å²) in [4.78, 5) is 0. The van der Waals surface area contributed by atoms with Gasteiger partial charge in [0.2, 0.25) is 0 Å².